The minimum absolute atomic E-state index is 0.289. The van der Waals surface area contributed by atoms with Crippen molar-refractivity contribution in [2.24, 2.45) is 0 Å². The summed E-state index contributed by atoms with van der Waals surface area (Å²) in [6.45, 7) is 3.25. The third-order valence-corrected chi connectivity index (χ3v) is 3.40. The number of benzene rings is 1. The molecule has 0 aliphatic carbocycles. The largest absolute Gasteiger partial charge is 0.388 e. The number of anilines is 1. The average molecular weight is 219 g/mol. The van der Waals surface area contributed by atoms with Crippen LogP contribution in [0.1, 0.15) is 43.4 Å². The fourth-order valence-corrected chi connectivity index (χ4v) is 2.45. The van der Waals surface area contributed by atoms with Crippen molar-refractivity contribution in [3.63, 3.8) is 0 Å². The lowest BCUT2D eigenvalue weighted by Crippen LogP contribution is -2.24. The van der Waals surface area contributed by atoms with Gasteiger partial charge in [0, 0.05) is 19.3 Å². The highest BCUT2D eigenvalue weighted by molar-refractivity contribution is 5.56. The zero-order valence-electron chi connectivity index (χ0n) is 10.2. The third-order valence-electron chi connectivity index (χ3n) is 3.40. The van der Waals surface area contributed by atoms with E-state index < -0.39 is 0 Å². The summed E-state index contributed by atoms with van der Waals surface area (Å²) in [5.74, 6) is 0. The molecule has 1 heterocycles. The Bertz CT molecular complexity index is 362. The van der Waals surface area contributed by atoms with Crippen molar-refractivity contribution in [1.29, 1.82) is 0 Å². The molecule has 1 atom stereocenters. The first-order chi connectivity index (χ1) is 7.72. The van der Waals surface area contributed by atoms with Crippen LogP contribution in [0.25, 0.3) is 0 Å². The fraction of sp³-hybridized carbons (Fsp3) is 0.571. The molecule has 16 heavy (non-hydrogen) atoms. The molecule has 1 aliphatic heterocycles. The van der Waals surface area contributed by atoms with Gasteiger partial charge in [0.15, 0.2) is 0 Å². The summed E-state index contributed by atoms with van der Waals surface area (Å²) in [5.41, 5.74) is 3.80. The van der Waals surface area contributed by atoms with Crippen molar-refractivity contribution in [3.8, 4) is 0 Å². The molecule has 0 saturated heterocycles. The number of aliphatic hydroxyl groups excluding tert-OH is 1. The molecule has 88 valence electrons. The Hall–Kier alpha value is -1.02. The Morgan fingerprint density at radius 1 is 1.44 bits per heavy atom. The van der Waals surface area contributed by atoms with E-state index in [1.807, 2.05) is 0 Å². The van der Waals surface area contributed by atoms with Crippen molar-refractivity contribution in [1.82, 2.24) is 0 Å². The first kappa shape index (κ1) is 11.5. The second kappa shape index (κ2) is 4.88. The predicted molar refractivity (Wildman–Crippen MR) is 67.9 cm³/mol. The van der Waals surface area contributed by atoms with E-state index in [9.17, 15) is 5.11 Å². The smallest absolute Gasteiger partial charge is 0.0790 e. The molecule has 2 nitrogen and oxygen atoms in total. The molecule has 0 radical (unpaired) electrons. The molecule has 0 saturated carbocycles. The van der Waals surface area contributed by atoms with Gasteiger partial charge in [-0.2, -0.15) is 0 Å². The van der Waals surface area contributed by atoms with E-state index in [1.165, 1.54) is 17.7 Å². The van der Waals surface area contributed by atoms with Gasteiger partial charge in [-0.15, -0.1) is 0 Å². The van der Waals surface area contributed by atoms with E-state index in [1.54, 1.807) is 0 Å². The maximum atomic E-state index is 9.97. The first-order valence-electron chi connectivity index (χ1n) is 6.24. The van der Waals surface area contributed by atoms with Gasteiger partial charge in [-0.1, -0.05) is 25.5 Å². The Labute approximate surface area is 97.9 Å². The number of hydrogen-bond acceptors (Lipinski definition) is 2. The van der Waals surface area contributed by atoms with Gasteiger partial charge < -0.3 is 10.0 Å². The topological polar surface area (TPSA) is 23.5 Å². The zero-order valence-corrected chi connectivity index (χ0v) is 10.2. The molecular formula is C14H21NO. The third kappa shape index (κ3) is 2.22. The lowest BCUT2D eigenvalue weighted by molar-refractivity contribution is 0.166. The summed E-state index contributed by atoms with van der Waals surface area (Å²) in [7, 11) is 2.14. The Balaban J connectivity index is 2.24. The molecule has 1 unspecified atom stereocenters. The van der Waals surface area contributed by atoms with Gasteiger partial charge in [0.25, 0.3) is 0 Å². The van der Waals surface area contributed by atoms with Crippen LogP contribution in [0.2, 0.25) is 0 Å². The van der Waals surface area contributed by atoms with Crippen molar-refractivity contribution >= 4 is 5.69 Å². The van der Waals surface area contributed by atoms with Crippen LogP contribution in [0.5, 0.6) is 0 Å². The van der Waals surface area contributed by atoms with Crippen LogP contribution >= 0.6 is 0 Å². The van der Waals surface area contributed by atoms with Crippen molar-refractivity contribution in [2.75, 3.05) is 18.5 Å². The van der Waals surface area contributed by atoms with Crippen LogP contribution in [-0.2, 0) is 6.42 Å². The number of aryl methyl sites for hydroxylation is 1. The molecule has 1 aliphatic rings. The van der Waals surface area contributed by atoms with E-state index >= 15 is 0 Å². The molecule has 0 amide bonds. The summed E-state index contributed by atoms with van der Waals surface area (Å²) in [6.07, 6.45) is 3.96. The molecule has 1 aromatic carbocycles. The minimum Gasteiger partial charge on any atom is -0.388 e. The van der Waals surface area contributed by atoms with Crippen LogP contribution in [0.15, 0.2) is 18.2 Å². The maximum absolute atomic E-state index is 9.97. The lowest BCUT2D eigenvalue weighted by Gasteiger charge is -2.28. The van der Waals surface area contributed by atoms with Crippen LogP contribution in [-0.4, -0.2) is 18.7 Å². The number of hydrogen-bond donors (Lipinski definition) is 1. The lowest BCUT2D eigenvalue weighted by atomic mass is 9.96. The molecule has 0 bridgehead atoms. The Kier molecular flexibility index (Phi) is 3.49. The molecule has 0 fully saturated rings. The fourth-order valence-electron chi connectivity index (χ4n) is 2.45. The van der Waals surface area contributed by atoms with Crippen LogP contribution < -0.4 is 4.90 Å². The van der Waals surface area contributed by atoms with E-state index in [4.69, 9.17) is 0 Å². The molecule has 0 spiro atoms. The van der Waals surface area contributed by atoms with E-state index in [2.05, 4.69) is 37.1 Å². The van der Waals surface area contributed by atoms with Gasteiger partial charge in [-0.3, -0.25) is 0 Å². The highest BCUT2D eigenvalue weighted by Crippen LogP contribution is 2.29. The van der Waals surface area contributed by atoms with E-state index in [0.717, 1.165) is 31.4 Å². The molecule has 1 aromatic rings. The summed E-state index contributed by atoms with van der Waals surface area (Å²) < 4.78 is 0. The van der Waals surface area contributed by atoms with Gasteiger partial charge in [-0.25, -0.2) is 0 Å². The minimum atomic E-state index is -0.289. The molecule has 2 rings (SSSR count). The summed E-state index contributed by atoms with van der Waals surface area (Å²) in [6, 6.07) is 6.41. The standard InChI is InChI=1S/C14H21NO/c1-3-5-14(16)12-7-8-13-11(10-12)6-4-9-15(13)2/h7-8,10,14,16H,3-6,9H2,1-2H3. The van der Waals surface area contributed by atoms with Gasteiger partial charge >= 0.3 is 0 Å². The second-order valence-corrected chi connectivity index (χ2v) is 4.72. The number of fused-ring (bicyclic) bond motifs is 1. The van der Waals surface area contributed by atoms with Crippen LogP contribution in [0, 0.1) is 0 Å². The monoisotopic (exact) mass is 219 g/mol. The van der Waals surface area contributed by atoms with Gasteiger partial charge in [0.1, 0.15) is 0 Å². The quantitative estimate of drug-likeness (QED) is 0.845. The van der Waals surface area contributed by atoms with E-state index in [-0.39, 0.29) is 6.10 Å². The first-order valence-corrected chi connectivity index (χ1v) is 6.24. The average Bonchev–Trinajstić information content (AvgIpc) is 2.29. The molecular weight excluding hydrogens is 198 g/mol. The normalized spacial score (nSPS) is 17.1. The SMILES string of the molecule is CCCC(O)c1ccc2c(c1)CCCN2C. The number of aliphatic hydroxyl groups is 1. The van der Waals surface area contributed by atoms with E-state index in [0.29, 0.717) is 0 Å². The molecule has 0 aromatic heterocycles. The highest BCUT2D eigenvalue weighted by Gasteiger charge is 2.15. The Morgan fingerprint density at radius 2 is 2.25 bits per heavy atom. The summed E-state index contributed by atoms with van der Waals surface area (Å²) in [4.78, 5) is 2.30. The predicted octanol–water partition coefficient (Wildman–Crippen LogP) is 2.90. The van der Waals surface area contributed by atoms with Crippen LogP contribution in [0.4, 0.5) is 5.69 Å². The second-order valence-electron chi connectivity index (χ2n) is 4.72. The van der Waals surface area contributed by atoms with Crippen molar-refractivity contribution < 1.29 is 5.11 Å². The molecule has 2 heteroatoms. The number of rotatable bonds is 3. The van der Waals surface area contributed by atoms with Crippen LogP contribution in [0.3, 0.4) is 0 Å². The van der Waals surface area contributed by atoms with Crippen molar-refractivity contribution in [2.45, 2.75) is 38.7 Å². The zero-order chi connectivity index (χ0) is 11.5. The van der Waals surface area contributed by atoms with Gasteiger partial charge in [-0.05, 0) is 36.5 Å². The van der Waals surface area contributed by atoms with Gasteiger partial charge in [0.05, 0.1) is 6.10 Å². The summed E-state index contributed by atoms with van der Waals surface area (Å²) in [5, 5.41) is 9.97. The maximum Gasteiger partial charge on any atom is 0.0790 e. The van der Waals surface area contributed by atoms with Gasteiger partial charge in [0.2, 0.25) is 0 Å². The highest BCUT2D eigenvalue weighted by atomic mass is 16.3. The summed E-state index contributed by atoms with van der Waals surface area (Å²) >= 11 is 0. The Morgan fingerprint density at radius 3 is 3.00 bits per heavy atom. The van der Waals surface area contributed by atoms with Crippen molar-refractivity contribution in [3.05, 3.63) is 29.3 Å². The number of nitrogens with zero attached hydrogens (tertiary/aromatic N) is 1. The molecule has 1 N–H and O–H groups in total.